The van der Waals surface area contributed by atoms with Crippen molar-refractivity contribution >= 4 is 10.8 Å². The van der Waals surface area contributed by atoms with E-state index in [0.717, 1.165) is 19.3 Å². The molecule has 2 atom stereocenters. The van der Waals surface area contributed by atoms with E-state index < -0.39 is 5.54 Å². The van der Waals surface area contributed by atoms with Crippen molar-refractivity contribution in [1.29, 1.82) is 0 Å². The van der Waals surface area contributed by atoms with E-state index in [2.05, 4.69) is 144 Å². The van der Waals surface area contributed by atoms with E-state index in [0.29, 0.717) is 5.92 Å². The number of rotatable bonds is 7. The zero-order valence-electron chi connectivity index (χ0n) is 23.4. The molecule has 0 aliphatic heterocycles. The molecule has 0 N–H and O–H groups in total. The summed E-state index contributed by atoms with van der Waals surface area (Å²) in [4.78, 5) is 5.06. The van der Waals surface area contributed by atoms with Crippen molar-refractivity contribution in [2.75, 3.05) is 7.11 Å². The van der Waals surface area contributed by atoms with Gasteiger partial charge < -0.3 is 9.30 Å². The summed E-state index contributed by atoms with van der Waals surface area (Å²) in [6.45, 7) is 0. The fourth-order valence-corrected chi connectivity index (χ4v) is 7.08. The number of hydrogen-bond donors (Lipinski definition) is 0. The van der Waals surface area contributed by atoms with Gasteiger partial charge in [-0.15, -0.1) is 0 Å². The van der Waals surface area contributed by atoms with Crippen LogP contribution in [-0.2, 0) is 23.1 Å². The summed E-state index contributed by atoms with van der Waals surface area (Å²) in [7, 11) is 1.86. The van der Waals surface area contributed by atoms with E-state index >= 15 is 0 Å². The number of nitrogens with zero attached hydrogens (tertiary/aromatic N) is 2. The molecule has 0 saturated carbocycles. The maximum absolute atomic E-state index is 6.33. The molecule has 202 valence electrons. The minimum atomic E-state index is -0.561. The molecule has 0 amide bonds. The second-order valence-electron chi connectivity index (χ2n) is 11.0. The van der Waals surface area contributed by atoms with Gasteiger partial charge in [-0.05, 0) is 58.2 Å². The Labute approximate surface area is 242 Å². The molecule has 0 spiro atoms. The average molecular weight is 535 g/mol. The summed E-state index contributed by atoms with van der Waals surface area (Å²) < 4.78 is 8.79. The Morgan fingerprint density at radius 3 is 1.88 bits per heavy atom. The lowest BCUT2D eigenvalue weighted by molar-refractivity contribution is 0.0452. The van der Waals surface area contributed by atoms with Crippen molar-refractivity contribution in [1.82, 2.24) is 9.55 Å². The van der Waals surface area contributed by atoms with Gasteiger partial charge in [0.05, 0.1) is 18.1 Å². The van der Waals surface area contributed by atoms with Crippen LogP contribution in [0.4, 0.5) is 0 Å². The van der Waals surface area contributed by atoms with Gasteiger partial charge in [-0.2, -0.15) is 0 Å². The van der Waals surface area contributed by atoms with Gasteiger partial charge in [0.25, 0.3) is 0 Å². The normalized spacial score (nSPS) is 15.9. The zero-order valence-corrected chi connectivity index (χ0v) is 23.4. The summed E-state index contributed by atoms with van der Waals surface area (Å²) in [6.07, 6.45) is 4.95. The number of benzene rings is 5. The third-order valence-corrected chi connectivity index (χ3v) is 8.91. The minimum absolute atomic E-state index is 0.00261. The molecule has 3 heteroatoms. The zero-order chi connectivity index (χ0) is 27.6. The Morgan fingerprint density at radius 2 is 1.27 bits per heavy atom. The smallest absolute Gasteiger partial charge is 0.121 e. The van der Waals surface area contributed by atoms with Gasteiger partial charge in [0.2, 0.25) is 0 Å². The van der Waals surface area contributed by atoms with Crippen LogP contribution in [0.1, 0.15) is 46.2 Å². The van der Waals surface area contributed by atoms with Crippen LogP contribution < -0.4 is 0 Å². The van der Waals surface area contributed by atoms with Gasteiger partial charge in [-0.25, -0.2) is 4.98 Å². The highest BCUT2D eigenvalue weighted by Gasteiger charge is 2.42. The van der Waals surface area contributed by atoms with E-state index in [-0.39, 0.29) is 6.10 Å². The Balaban J connectivity index is 1.41. The fourth-order valence-electron chi connectivity index (χ4n) is 7.08. The number of aryl methyl sites for hydroxylation is 1. The molecule has 1 aliphatic rings. The molecule has 5 aromatic carbocycles. The first-order chi connectivity index (χ1) is 20.3. The Morgan fingerprint density at radius 1 is 0.707 bits per heavy atom. The molecule has 1 heterocycles. The number of fused-ring (bicyclic) bond motifs is 2. The molecule has 1 aliphatic carbocycles. The summed E-state index contributed by atoms with van der Waals surface area (Å²) in [5, 5.41) is 2.53. The van der Waals surface area contributed by atoms with Crippen LogP contribution >= 0.6 is 0 Å². The molecular formula is C38H34N2O. The quantitative estimate of drug-likeness (QED) is 0.192. The summed E-state index contributed by atoms with van der Waals surface area (Å²) in [5.74, 6) is 0.328. The Bertz CT molecular complexity index is 1660. The molecule has 0 bridgehead atoms. The van der Waals surface area contributed by atoms with Crippen LogP contribution in [0.5, 0.6) is 0 Å². The van der Waals surface area contributed by atoms with Crippen molar-refractivity contribution in [3.05, 3.63) is 173 Å². The van der Waals surface area contributed by atoms with Gasteiger partial charge >= 0.3 is 0 Å². The highest BCUT2D eigenvalue weighted by Crippen LogP contribution is 2.45. The summed E-state index contributed by atoms with van der Waals surface area (Å²) in [5.41, 5.74) is 6.85. The van der Waals surface area contributed by atoms with E-state index in [9.17, 15) is 0 Å². The number of hydrogen-bond acceptors (Lipinski definition) is 2. The first-order valence-corrected chi connectivity index (χ1v) is 14.5. The van der Waals surface area contributed by atoms with E-state index in [4.69, 9.17) is 9.72 Å². The molecule has 0 fully saturated rings. The van der Waals surface area contributed by atoms with Gasteiger partial charge in [-0.1, -0.05) is 133 Å². The maximum atomic E-state index is 6.33. The van der Waals surface area contributed by atoms with Crippen LogP contribution in [0.3, 0.4) is 0 Å². The molecule has 2 unspecified atom stereocenters. The second-order valence-corrected chi connectivity index (χ2v) is 11.0. The van der Waals surface area contributed by atoms with E-state index in [1.54, 1.807) is 0 Å². The van der Waals surface area contributed by atoms with E-state index in [1.165, 1.54) is 44.4 Å². The predicted octanol–water partition coefficient (Wildman–Crippen LogP) is 8.37. The Hall–Kier alpha value is -4.47. The first kappa shape index (κ1) is 25.5. The molecule has 6 aromatic rings. The largest absolute Gasteiger partial charge is 0.376 e. The monoisotopic (exact) mass is 534 g/mol. The van der Waals surface area contributed by atoms with Gasteiger partial charge in [0.1, 0.15) is 5.54 Å². The molecular weight excluding hydrogens is 500 g/mol. The van der Waals surface area contributed by atoms with Crippen LogP contribution in [0.15, 0.2) is 140 Å². The average Bonchev–Trinajstić information content (AvgIpc) is 3.47. The van der Waals surface area contributed by atoms with Crippen LogP contribution in [0.2, 0.25) is 0 Å². The van der Waals surface area contributed by atoms with Gasteiger partial charge in [0, 0.05) is 12.8 Å². The SMILES string of the molecule is COC(c1cccc2ccccc12)C1CCc2ncn(C(c3ccccc3)(c3ccccc3)c3ccccc3)c2C1. The molecule has 3 nitrogen and oxygen atoms in total. The van der Waals surface area contributed by atoms with Crippen molar-refractivity contribution in [3.63, 3.8) is 0 Å². The van der Waals surface area contributed by atoms with Crippen molar-refractivity contribution in [2.24, 2.45) is 5.92 Å². The molecule has 0 saturated heterocycles. The predicted molar refractivity (Wildman–Crippen MR) is 166 cm³/mol. The third-order valence-electron chi connectivity index (χ3n) is 8.91. The number of aromatic nitrogens is 2. The molecule has 1 aromatic heterocycles. The topological polar surface area (TPSA) is 27.1 Å². The first-order valence-electron chi connectivity index (χ1n) is 14.5. The van der Waals surface area contributed by atoms with E-state index in [1.807, 2.05) is 7.11 Å². The number of imidazole rings is 1. The van der Waals surface area contributed by atoms with Crippen molar-refractivity contribution in [3.8, 4) is 0 Å². The molecule has 41 heavy (non-hydrogen) atoms. The van der Waals surface area contributed by atoms with Crippen LogP contribution in [-0.4, -0.2) is 16.7 Å². The Kier molecular flexibility index (Phi) is 6.74. The maximum Gasteiger partial charge on any atom is 0.121 e. The third kappa shape index (κ3) is 4.29. The van der Waals surface area contributed by atoms with Crippen molar-refractivity contribution < 1.29 is 4.74 Å². The highest BCUT2D eigenvalue weighted by molar-refractivity contribution is 5.86. The summed E-state index contributed by atoms with van der Waals surface area (Å²) >= 11 is 0. The van der Waals surface area contributed by atoms with Crippen LogP contribution in [0, 0.1) is 5.92 Å². The number of ether oxygens (including phenoxy) is 1. The lowest BCUT2D eigenvalue weighted by atomic mass is 9.75. The minimum Gasteiger partial charge on any atom is -0.376 e. The van der Waals surface area contributed by atoms with Gasteiger partial charge in [0.15, 0.2) is 0 Å². The fraction of sp³-hybridized carbons (Fsp3) is 0.184. The summed E-state index contributed by atoms with van der Waals surface area (Å²) in [6, 6.07) is 47.9. The molecule has 7 rings (SSSR count). The molecule has 0 radical (unpaired) electrons. The van der Waals surface area contributed by atoms with Gasteiger partial charge in [-0.3, -0.25) is 0 Å². The van der Waals surface area contributed by atoms with Crippen LogP contribution in [0.25, 0.3) is 10.8 Å². The lowest BCUT2D eigenvalue weighted by Crippen LogP contribution is -2.39. The lowest BCUT2D eigenvalue weighted by Gasteiger charge is -2.40. The number of methoxy groups -OCH3 is 1. The second kappa shape index (κ2) is 10.8. The highest BCUT2D eigenvalue weighted by atomic mass is 16.5. The standard InChI is InChI=1S/C38H34N2O/c1-41-37(34-23-13-15-28-14-11-12-22-33(28)34)29-24-25-35-36(26-29)40(27-39-35)38(30-16-5-2-6-17-30,31-18-7-3-8-19-31)32-20-9-4-10-21-32/h2-23,27,29,37H,24-26H2,1H3. The van der Waals surface area contributed by atoms with Crippen molar-refractivity contribution in [2.45, 2.75) is 30.9 Å².